The number of carbonyl (C=O) groups excluding carboxylic acids is 1. The summed E-state index contributed by atoms with van der Waals surface area (Å²) in [5.74, 6) is 6.01. The molecule has 0 atom stereocenters. The zero-order valence-corrected chi connectivity index (χ0v) is 14.2. The third kappa shape index (κ3) is 5.18. The molecule has 1 aliphatic rings. The monoisotopic (exact) mass is 334 g/mol. The van der Waals surface area contributed by atoms with Crippen molar-refractivity contribution >= 4 is 5.91 Å². The third-order valence-corrected chi connectivity index (χ3v) is 4.12. The van der Waals surface area contributed by atoms with Crippen LogP contribution in [0.3, 0.4) is 0 Å². The Bertz CT molecular complexity index is 739. The number of nitrogens with zero attached hydrogens (tertiary/aromatic N) is 1. The van der Waals surface area contributed by atoms with Crippen LogP contribution < -0.4 is 5.32 Å². The van der Waals surface area contributed by atoms with E-state index in [9.17, 15) is 4.79 Å². The van der Waals surface area contributed by atoms with Crippen molar-refractivity contribution in [2.45, 2.75) is 0 Å². The summed E-state index contributed by atoms with van der Waals surface area (Å²) in [7, 11) is 0. The lowest BCUT2D eigenvalue weighted by atomic mass is 10.0. The molecule has 1 N–H and O–H groups in total. The minimum absolute atomic E-state index is 0.0970. The Hall–Kier alpha value is -2.61. The molecule has 0 spiro atoms. The first-order valence-corrected chi connectivity index (χ1v) is 8.52. The van der Waals surface area contributed by atoms with Crippen molar-refractivity contribution in [3.8, 4) is 23.0 Å². The van der Waals surface area contributed by atoms with Crippen LogP contribution in [0.4, 0.5) is 0 Å². The fraction of sp³-hybridized carbons (Fsp3) is 0.286. The van der Waals surface area contributed by atoms with Gasteiger partial charge in [0, 0.05) is 18.7 Å². The van der Waals surface area contributed by atoms with E-state index in [0.29, 0.717) is 12.1 Å². The molecular weight excluding hydrogens is 312 g/mol. The summed E-state index contributed by atoms with van der Waals surface area (Å²) in [6.07, 6.45) is 0. The second-order valence-corrected chi connectivity index (χ2v) is 5.87. The molecule has 0 aliphatic carbocycles. The summed E-state index contributed by atoms with van der Waals surface area (Å²) >= 11 is 0. The van der Waals surface area contributed by atoms with E-state index >= 15 is 0 Å². The Labute approximate surface area is 148 Å². The van der Waals surface area contributed by atoms with Crippen molar-refractivity contribution in [3.05, 3.63) is 60.2 Å². The Balaban J connectivity index is 1.47. The van der Waals surface area contributed by atoms with Crippen molar-refractivity contribution in [3.63, 3.8) is 0 Å². The highest BCUT2D eigenvalue weighted by Gasteiger charge is 2.08. The molecule has 4 nitrogen and oxygen atoms in total. The van der Waals surface area contributed by atoms with Gasteiger partial charge in [0.15, 0.2) is 0 Å². The highest BCUT2D eigenvalue weighted by Crippen LogP contribution is 2.19. The van der Waals surface area contributed by atoms with Gasteiger partial charge in [0.2, 0.25) is 0 Å². The predicted octanol–water partition coefficient (Wildman–Crippen LogP) is 2.42. The first-order chi connectivity index (χ1) is 12.3. The van der Waals surface area contributed by atoms with Crippen LogP contribution in [0.15, 0.2) is 54.6 Å². The number of benzene rings is 2. The van der Waals surface area contributed by atoms with Gasteiger partial charge in [-0.2, -0.15) is 0 Å². The van der Waals surface area contributed by atoms with Crippen LogP contribution in [0.5, 0.6) is 0 Å². The number of hydrogen-bond donors (Lipinski definition) is 1. The third-order valence-electron chi connectivity index (χ3n) is 4.12. The Morgan fingerprint density at radius 2 is 1.64 bits per heavy atom. The Kier molecular flexibility index (Phi) is 6.22. The first-order valence-electron chi connectivity index (χ1n) is 8.52. The average molecular weight is 334 g/mol. The van der Waals surface area contributed by atoms with Crippen molar-refractivity contribution in [2.24, 2.45) is 0 Å². The van der Waals surface area contributed by atoms with E-state index in [-0.39, 0.29) is 5.91 Å². The quantitative estimate of drug-likeness (QED) is 0.873. The molecule has 0 radical (unpaired) electrons. The van der Waals surface area contributed by atoms with Gasteiger partial charge in [-0.15, -0.1) is 0 Å². The minimum Gasteiger partial charge on any atom is -0.379 e. The zero-order chi connectivity index (χ0) is 17.3. The summed E-state index contributed by atoms with van der Waals surface area (Å²) in [6, 6.07) is 17.7. The molecule has 0 saturated carbocycles. The average Bonchev–Trinajstić information content (AvgIpc) is 2.69. The van der Waals surface area contributed by atoms with Crippen LogP contribution in [-0.4, -0.2) is 50.2 Å². The molecule has 1 aliphatic heterocycles. The molecule has 1 fully saturated rings. The van der Waals surface area contributed by atoms with Crippen LogP contribution in [0.2, 0.25) is 0 Å². The summed E-state index contributed by atoms with van der Waals surface area (Å²) in [4.78, 5) is 14.4. The van der Waals surface area contributed by atoms with Gasteiger partial charge in [0.25, 0.3) is 5.91 Å². The molecule has 4 heteroatoms. The minimum atomic E-state index is -0.0970. The predicted molar refractivity (Wildman–Crippen MR) is 99.2 cm³/mol. The topological polar surface area (TPSA) is 41.6 Å². The van der Waals surface area contributed by atoms with Crippen LogP contribution in [-0.2, 0) is 4.74 Å². The maximum absolute atomic E-state index is 12.2. The molecule has 1 saturated heterocycles. The highest BCUT2D eigenvalue weighted by molar-refractivity contribution is 5.94. The van der Waals surface area contributed by atoms with E-state index in [1.165, 1.54) is 0 Å². The summed E-state index contributed by atoms with van der Waals surface area (Å²) in [5.41, 5.74) is 2.89. The number of ether oxygens (including phenoxy) is 1. The van der Waals surface area contributed by atoms with Gasteiger partial charge in [-0.25, -0.2) is 0 Å². The maximum Gasteiger partial charge on any atom is 0.252 e. The summed E-state index contributed by atoms with van der Waals surface area (Å²) < 4.78 is 5.30. The largest absolute Gasteiger partial charge is 0.379 e. The molecule has 0 unspecified atom stereocenters. The van der Waals surface area contributed by atoms with Crippen molar-refractivity contribution in [1.82, 2.24) is 10.2 Å². The van der Waals surface area contributed by atoms with Crippen LogP contribution >= 0.6 is 0 Å². The summed E-state index contributed by atoms with van der Waals surface area (Å²) in [5, 5.41) is 2.84. The second kappa shape index (κ2) is 9.03. The van der Waals surface area contributed by atoms with E-state index in [4.69, 9.17) is 4.74 Å². The van der Waals surface area contributed by atoms with E-state index in [0.717, 1.165) is 44.0 Å². The molecule has 1 heterocycles. The molecule has 0 aromatic heterocycles. The number of rotatable bonds is 4. The van der Waals surface area contributed by atoms with Gasteiger partial charge in [-0.05, 0) is 23.3 Å². The van der Waals surface area contributed by atoms with Gasteiger partial charge in [0.05, 0.1) is 26.3 Å². The number of carbonyl (C=O) groups is 1. The summed E-state index contributed by atoms with van der Waals surface area (Å²) in [6.45, 7) is 4.49. The lowest BCUT2D eigenvalue weighted by Gasteiger charge is -2.24. The van der Waals surface area contributed by atoms with E-state index < -0.39 is 0 Å². The van der Waals surface area contributed by atoms with E-state index in [1.807, 2.05) is 42.5 Å². The molecule has 2 aromatic carbocycles. The molecule has 128 valence electrons. The first kappa shape index (κ1) is 17.2. The zero-order valence-electron chi connectivity index (χ0n) is 14.2. The van der Waals surface area contributed by atoms with E-state index in [2.05, 4.69) is 34.2 Å². The fourth-order valence-electron chi connectivity index (χ4n) is 2.66. The lowest BCUT2D eigenvalue weighted by molar-refractivity contribution is 0.0443. The Morgan fingerprint density at radius 3 is 2.36 bits per heavy atom. The second-order valence-electron chi connectivity index (χ2n) is 5.87. The maximum atomic E-state index is 12.2. The Morgan fingerprint density at radius 1 is 0.960 bits per heavy atom. The van der Waals surface area contributed by atoms with Crippen molar-refractivity contribution in [2.75, 3.05) is 39.4 Å². The van der Waals surface area contributed by atoms with E-state index in [1.54, 1.807) is 0 Å². The molecule has 0 bridgehead atoms. The highest BCUT2D eigenvalue weighted by atomic mass is 16.5. The number of amides is 1. The lowest BCUT2D eigenvalue weighted by Crippen LogP contribution is -2.36. The molecular formula is C21H22N2O2. The van der Waals surface area contributed by atoms with Crippen LogP contribution in [0.1, 0.15) is 10.4 Å². The number of morpholine rings is 1. The fourth-order valence-corrected chi connectivity index (χ4v) is 2.66. The van der Waals surface area contributed by atoms with Crippen LogP contribution in [0, 0.1) is 11.8 Å². The smallest absolute Gasteiger partial charge is 0.252 e. The van der Waals surface area contributed by atoms with Gasteiger partial charge in [0.1, 0.15) is 0 Å². The van der Waals surface area contributed by atoms with Gasteiger partial charge >= 0.3 is 0 Å². The SMILES string of the molecule is O=C(NCC#CCN1CCOCC1)c1ccc(-c2ccccc2)cc1. The molecule has 25 heavy (non-hydrogen) atoms. The normalized spacial score (nSPS) is 14.4. The molecule has 2 aromatic rings. The molecule has 1 amide bonds. The van der Waals surface area contributed by atoms with Crippen molar-refractivity contribution in [1.29, 1.82) is 0 Å². The standard InChI is InChI=1S/C21H22N2O2/c24-21(22-12-4-5-13-23-14-16-25-17-15-23)20-10-8-19(9-11-20)18-6-2-1-3-7-18/h1-3,6-11H,12-17H2,(H,22,24). The number of nitrogens with one attached hydrogen (secondary N) is 1. The van der Waals surface area contributed by atoms with Crippen molar-refractivity contribution < 1.29 is 9.53 Å². The van der Waals surface area contributed by atoms with Gasteiger partial charge in [-0.3, -0.25) is 9.69 Å². The van der Waals surface area contributed by atoms with Gasteiger partial charge in [-0.1, -0.05) is 54.3 Å². The van der Waals surface area contributed by atoms with Gasteiger partial charge < -0.3 is 10.1 Å². The molecule has 3 rings (SSSR count). The van der Waals surface area contributed by atoms with Crippen LogP contribution in [0.25, 0.3) is 11.1 Å². The number of hydrogen-bond acceptors (Lipinski definition) is 3.